The monoisotopic (exact) mass is 394 g/mol. The van der Waals surface area contributed by atoms with E-state index in [4.69, 9.17) is 9.16 Å². The van der Waals surface area contributed by atoms with Crippen LogP contribution in [0.3, 0.4) is 0 Å². The first-order valence-corrected chi connectivity index (χ1v) is 10.6. The summed E-state index contributed by atoms with van der Waals surface area (Å²) in [6.07, 6.45) is 2.09. The predicted molar refractivity (Wildman–Crippen MR) is 93.2 cm³/mol. The van der Waals surface area contributed by atoms with Crippen LogP contribution >= 0.6 is 0 Å². The van der Waals surface area contributed by atoms with E-state index in [9.17, 15) is 19.2 Å². The van der Waals surface area contributed by atoms with Gasteiger partial charge in [-0.25, -0.2) is 4.79 Å². The molecular formula is C14H26O9Si2. The second-order valence-electron chi connectivity index (χ2n) is 4.39. The maximum atomic E-state index is 10.5. The first kappa shape index (κ1) is 25.3. The molecule has 0 amide bonds. The van der Waals surface area contributed by atoms with Crippen LogP contribution in [0.2, 0.25) is 6.04 Å². The van der Waals surface area contributed by atoms with Crippen molar-refractivity contribution < 1.29 is 41.6 Å². The molecule has 0 aromatic carbocycles. The molecule has 0 aliphatic carbocycles. The van der Waals surface area contributed by atoms with Gasteiger partial charge in [0.05, 0.1) is 6.61 Å². The summed E-state index contributed by atoms with van der Waals surface area (Å²) in [5.41, 5.74) is 0. The number of carbonyl (C=O) groups is 4. The van der Waals surface area contributed by atoms with Crippen molar-refractivity contribution in [1.82, 2.24) is 0 Å². The molecule has 0 bridgehead atoms. The van der Waals surface area contributed by atoms with Gasteiger partial charge >= 0.3 is 15.5 Å². The molecule has 0 fully saturated rings. The Morgan fingerprint density at radius 2 is 1.48 bits per heavy atom. The smallest absolute Gasteiger partial charge is 0.463 e. The fraction of sp³-hybridized carbons (Fsp3) is 0.571. The molecule has 0 aliphatic heterocycles. The summed E-state index contributed by atoms with van der Waals surface area (Å²) in [5, 5.41) is 0. The summed E-state index contributed by atoms with van der Waals surface area (Å²) >= 11 is 0. The van der Waals surface area contributed by atoms with Gasteiger partial charge in [0.25, 0.3) is 17.9 Å². The molecule has 0 aliphatic rings. The SMILES string of the molecule is C=CC(=O)OCCC[SiH2]OCC.CC(=O)O[SiH](OC(C)=O)OC(C)=O. The van der Waals surface area contributed by atoms with E-state index < -0.39 is 27.4 Å². The molecule has 0 aromatic rings. The second-order valence-corrected chi connectivity index (χ2v) is 7.20. The second kappa shape index (κ2) is 16.9. The molecule has 0 rings (SSSR count). The van der Waals surface area contributed by atoms with Crippen LogP contribution in [0.1, 0.15) is 34.1 Å². The third kappa shape index (κ3) is 22.0. The molecule has 0 radical (unpaired) electrons. The number of rotatable bonds is 10. The lowest BCUT2D eigenvalue weighted by Crippen LogP contribution is -2.32. The Kier molecular flexibility index (Phi) is 17.0. The van der Waals surface area contributed by atoms with Crippen LogP contribution in [0, 0.1) is 0 Å². The van der Waals surface area contributed by atoms with E-state index in [1.165, 1.54) is 6.08 Å². The number of hydrogen-bond donors (Lipinski definition) is 0. The fourth-order valence-electron chi connectivity index (χ4n) is 1.16. The highest BCUT2D eigenvalue weighted by atomic mass is 28.3. The first-order chi connectivity index (χ1) is 11.7. The van der Waals surface area contributed by atoms with Crippen molar-refractivity contribution in [2.75, 3.05) is 13.2 Å². The largest absolute Gasteiger partial charge is 0.689 e. The number of esters is 1. The van der Waals surface area contributed by atoms with Gasteiger partial charge in [0.2, 0.25) is 0 Å². The lowest BCUT2D eigenvalue weighted by Gasteiger charge is -2.12. The standard InChI is InChI=1S/C8H16O3Si.C6H10O6Si/c1-3-8(9)10-6-5-7-12-11-4-2;1-4(7)10-13(11-5(2)8)12-6(3)9/h3H,1,4-7,12H2,2H3;13H,1-3H3. The zero-order chi connectivity index (χ0) is 19.7. The highest BCUT2D eigenvalue weighted by Gasteiger charge is 2.25. The van der Waals surface area contributed by atoms with Gasteiger partial charge in [0.15, 0.2) is 9.76 Å². The summed E-state index contributed by atoms with van der Waals surface area (Å²) in [7, 11) is -3.31. The molecule has 0 saturated carbocycles. The van der Waals surface area contributed by atoms with Gasteiger partial charge in [-0.05, 0) is 19.4 Å². The third-order valence-corrected chi connectivity index (χ3v) is 5.14. The lowest BCUT2D eigenvalue weighted by atomic mass is 10.5. The molecule has 9 nitrogen and oxygen atoms in total. The van der Waals surface area contributed by atoms with Gasteiger partial charge < -0.3 is 22.4 Å². The number of ether oxygens (including phenoxy) is 1. The number of hydrogen-bond acceptors (Lipinski definition) is 9. The zero-order valence-electron chi connectivity index (χ0n) is 15.1. The Balaban J connectivity index is 0. The molecular weight excluding hydrogens is 368 g/mol. The minimum absolute atomic E-state index is 0.340. The zero-order valence-corrected chi connectivity index (χ0v) is 17.6. The Morgan fingerprint density at radius 3 is 1.84 bits per heavy atom. The Labute approximate surface area is 151 Å². The maximum absolute atomic E-state index is 10.5. The van der Waals surface area contributed by atoms with Gasteiger partial charge in [-0.2, -0.15) is 0 Å². The average Bonchev–Trinajstić information content (AvgIpc) is 2.49. The highest BCUT2D eigenvalue weighted by Crippen LogP contribution is 1.94. The van der Waals surface area contributed by atoms with Gasteiger partial charge in [0, 0.05) is 33.5 Å². The van der Waals surface area contributed by atoms with Crippen LogP contribution < -0.4 is 0 Å². The Hall–Kier alpha value is -1.99. The summed E-state index contributed by atoms with van der Waals surface area (Å²) in [4.78, 5) is 41.9. The molecule has 0 N–H and O–H groups in total. The van der Waals surface area contributed by atoms with E-state index >= 15 is 0 Å². The minimum Gasteiger partial charge on any atom is -0.463 e. The van der Waals surface area contributed by atoms with Gasteiger partial charge in [-0.3, -0.25) is 14.4 Å². The topological polar surface area (TPSA) is 114 Å². The number of carbonyl (C=O) groups excluding carboxylic acids is 4. The van der Waals surface area contributed by atoms with Crippen molar-refractivity contribution in [3.05, 3.63) is 12.7 Å². The lowest BCUT2D eigenvalue weighted by molar-refractivity contribution is -0.145. The molecule has 0 aromatic heterocycles. The average molecular weight is 395 g/mol. The summed E-state index contributed by atoms with van der Waals surface area (Å²) < 4.78 is 23.5. The highest BCUT2D eigenvalue weighted by molar-refractivity contribution is 6.43. The van der Waals surface area contributed by atoms with Crippen LogP contribution in [0.4, 0.5) is 0 Å². The van der Waals surface area contributed by atoms with Crippen LogP contribution in [-0.4, -0.2) is 56.4 Å². The maximum Gasteiger partial charge on any atom is 0.689 e. The molecule has 0 spiro atoms. The minimum atomic E-state index is -2.96. The van der Waals surface area contributed by atoms with E-state index in [0.29, 0.717) is 6.61 Å². The molecule has 0 saturated heterocycles. The van der Waals surface area contributed by atoms with E-state index in [0.717, 1.165) is 39.8 Å². The van der Waals surface area contributed by atoms with E-state index in [2.05, 4.69) is 19.9 Å². The Morgan fingerprint density at radius 1 is 1.00 bits per heavy atom. The molecule has 11 heteroatoms. The van der Waals surface area contributed by atoms with Crippen molar-refractivity contribution in [2.45, 2.75) is 40.2 Å². The normalized spacial score (nSPS) is 9.80. The molecule has 0 heterocycles. The van der Waals surface area contributed by atoms with E-state index in [-0.39, 0.29) is 15.7 Å². The van der Waals surface area contributed by atoms with E-state index in [1.807, 2.05) is 6.92 Å². The first-order valence-electron chi connectivity index (χ1n) is 7.61. The van der Waals surface area contributed by atoms with Crippen LogP contribution in [-0.2, 0) is 41.6 Å². The van der Waals surface area contributed by atoms with Crippen LogP contribution in [0.15, 0.2) is 12.7 Å². The summed E-state index contributed by atoms with van der Waals surface area (Å²) in [6.45, 7) is 9.98. The van der Waals surface area contributed by atoms with Crippen molar-refractivity contribution in [1.29, 1.82) is 0 Å². The van der Waals surface area contributed by atoms with Crippen LogP contribution in [0.25, 0.3) is 0 Å². The van der Waals surface area contributed by atoms with Crippen molar-refractivity contribution in [3.8, 4) is 0 Å². The molecule has 0 unspecified atom stereocenters. The quantitative estimate of drug-likeness (QED) is 0.219. The van der Waals surface area contributed by atoms with Crippen LogP contribution in [0.5, 0.6) is 0 Å². The van der Waals surface area contributed by atoms with E-state index in [1.54, 1.807) is 0 Å². The molecule has 0 atom stereocenters. The van der Waals surface area contributed by atoms with Gasteiger partial charge in [-0.15, -0.1) is 0 Å². The predicted octanol–water partition coefficient (Wildman–Crippen LogP) is 0.0372. The molecule has 25 heavy (non-hydrogen) atoms. The Bertz CT molecular complexity index is 402. The van der Waals surface area contributed by atoms with Gasteiger partial charge in [-0.1, -0.05) is 6.58 Å². The van der Waals surface area contributed by atoms with Crippen molar-refractivity contribution in [2.24, 2.45) is 0 Å². The molecule has 144 valence electrons. The van der Waals surface area contributed by atoms with Crippen molar-refractivity contribution in [3.63, 3.8) is 0 Å². The van der Waals surface area contributed by atoms with Gasteiger partial charge in [0.1, 0.15) is 0 Å². The fourth-order valence-corrected chi connectivity index (χ4v) is 3.02. The third-order valence-electron chi connectivity index (χ3n) is 2.08. The summed E-state index contributed by atoms with van der Waals surface area (Å²) in [5.74, 6) is -2.30. The summed E-state index contributed by atoms with van der Waals surface area (Å²) in [6, 6.07) is 1.07. The van der Waals surface area contributed by atoms with Crippen molar-refractivity contribution >= 4 is 43.2 Å².